The van der Waals surface area contributed by atoms with Crippen molar-refractivity contribution in [1.82, 2.24) is 4.72 Å². The number of methoxy groups -OCH3 is 1. The third kappa shape index (κ3) is 5.07. The summed E-state index contributed by atoms with van der Waals surface area (Å²) in [6.45, 7) is 0.0896. The maximum absolute atomic E-state index is 14.4. The molecule has 0 aromatic heterocycles. The number of hydrogen-bond acceptors (Lipinski definition) is 6. The molecule has 8 nitrogen and oxygen atoms in total. The van der Waals surface area contributed by atoms with Crippen molar-refractivity contribution in [1.29, 1.82) is 0 Å². The molecule has 0 saturated heterocycles. The average molecular weight is 472 g/mol. The molecule has 1 aliphatic heterocycles. The number of carbonyl (C=O) groups excluding carboxylic acids is 1. The van der Waals surface area contributed by atoms with Crippen LogP contribution in [0, 0.1) is 5.82 Å². The van der Waals surface area contributed by atoms with Crippen molar-refractivity contribution in [2.45, 2.75) is 11.0 Å². The fourth-order valence-corrected chi connectivity index (χ4v) is 4.32. The monoisotopic (exact) mass is 472 g/mol. The first kappa shape index (κ1) is 22.6. The van der Waals surface area contributed by atoms with E-state index in [1.807, 2.05) is 0 Å². The van der Waals surface area contributed by atoms with Crippen LogP contribution in [0.15, 0.2) is 71.6 Å². The molecule has 3 aromatic carbocycles. The Morgan fingerprint density at radius 2 is 1.82 bits per heavy atom. The van der Waals surface area contributed by atoms with Crippen LogP contribution in [-0.4, -0.2) is 40.7 Å². The summed E-state index contributed by atoms with van der Waals surface area (Å²) < 4.78 is 58.8. The van der Waals surface area contributed by atoms with Crippen LogP contribution >= 0.6 is 0 Å². The van der Waals surface area contributed by atoms with Crippen LogP contribution in [0.3, 0.4) is 0 Å². The second kappa shape index (κ2) is 9.47. The molecule has 0 aliphatic carbocycles. The van der Waals surface area contributed by atoms with Crippen molar-refractivity contribution in [3.8, 4) is 17.2 Å². The maximum atomic E-state index is 14.4. The molecule has 0 saturated carbocycles. The van der Waals surface area contributed by atoms with E-state index in [-0.39, 0.29) is 18.0 Å². The summed E-state index contributed by atoms with van der Waals surface area (Å²) >= 11 is 0. The van der Waals surface area contributed by atoms with E-state index in [1.54, 1.807) is 48.5 Å². The van der Waals surface area contributed by atoms with Crippen LogP contribution in [0.5, 0.6) is 17.2 Å². The third-order valence-corrected chi connectivity index (χ3v) is 6.34. The Balaban J connectivity index is 1.47. The lowest BCUT2D eigenvalue weighted by Gasteiger charge is -2.26. The second-order valence-corrected chi connectivity index (χ2v) is 8.91. The normalized spacial score (nSPS) is 15.0. The lowest BCUT2D eigenvalue weighted by atomic mass is 10.2. The van der Waals surface area contributed by atoms with Gasteiger partial charge in [-0.15, -0.1) is 0 Å². The number of rotatable bonds is 7. The van der Waals surface area contributed by atoms with Gasteiger partial charge in [0.05, 0.1) is 29.8 Å². The first-order valence-corrected chi connectivity index (χ1v) is 11.5. The Morgan fingerprint density at radius 3 is 2.61 bits per heavy atom. The SMILES string of the molecule is COc1ccccc1NC(=O)c1cc(S(=O)(=O)NC[C@@H]2COc3ccccc3O2)ccc1F. The first-order valence-electron chi connectivity index (χ1n) is 9.99. The van der Waals surface area contributed by atoms with Crippen LogP contribution in [0.25, 0.3) is 0 Å². The van der Waals surface area contributed by atoms with Gasteiger partial charge in [0.25, 0.3) is 5.91 Å². The van der Waals surface area contributed by atoms with E-state index in [2.05, 4.69) is 10.0 Å². The fraction of sp³-hybridized carbons (Fsp3) is 0.174. The highest BCUT2D eigenvalue weighted by molar-refractivity contribution is 7.89. The quantitative estimate of drug-likeness (QED) is 0.548. The molecule has 0 fully saturated rings. The van der Waals surface area contributed by atoms with Gasteiger partial charge in [-0.25, -0.2) is 17.5 Å². The number of carbonyl (C=O) groups is 1. The summed E-state index contributed by atoms with van der Waals surface area (Å²) in [6, 6.07) is 16.7. The summed E-state index contributed by atoms with van der Waals surface area (Å²) in [4.78, 5) is 12.4. The fourth-order valence-electron chi connectivity index (χ4n) is 3.23. The van der Waals surface area contributed by atoms with Gasteiger partial charge in [0.15, 0.2) is 11.5 Å². The number of hydrogen-bond donors (Lipinski definition) is 2. The van der Waals surface area contributed by atoms with E-state index in [9.17, 15) is 17.6 Å². The van der Waals surface area contributed by atoms with Gasteiger partial charge in [0.1, 0.15) is 24.3 Å². The standard InChI is InChI=1S/C23H21FN2O6S/c1-30-20-7-3-2-6-19(20)26-23(27)17-12-16(10-11-18(17)24)33(28,29)25-13-15-14-31-21-8-4-5-9-22(21)32-15/h2-12,15,25H,13-14H2,1H3,(H,26,27)/t15-/m1/s1. The molecule has 0 radical (unpaired) electrons. The predicted octanol–water partition coefficient (Wildman–Crippen LogP) is 3.20. The molecule has 172 valence electrons. The summed E-state index contributed by atoms with van der Waals surface area (Å²) in [5.41, 5.74) is -0.0968. The predicted molar refractivity (Wildman–Crippen MR) is 119 cm³/mol. The molecule has 1 heterocycles. The van der Waals surface area contributed by atoms with Crippen LogP contribution < -0.4 is 24.2 Å². The zero-order chi connectivity index (χ0) is 23.4. The minimum atomic E-state index is -4.05. The number of anilines is 1. The minimum absolute atomic E-state index is 0.0726. The van der Waals surface area contributed by atoms with Crippen LogP contribution in [0.4, 0.5) is 10.1 Å². The molecule has 0 spiro atoms. The minimum Gasteiger partial charge on any atom is -0.495 e. The Bertz CT molecular complexity index is 1280. The number of benzene rings is 3. The van der Waals surface area contributed by atoms with Gasteiger partial charge in [-0.3, -0.25) is 4.79 Å². The van der Waals surface area contributed by atoms with E-state index < -0.39 is 33.4 Å². The number of ether oxygens (including phenoxy) is 3. The largest absolute Gasteiger partial charge is 0.495 e. The molecular weight excluding hydrogens is 451 g/mol. The highest BCUT2D eigenvalue weighted by atomic mass is 32.2. The molecule has 1 atom stereocenters. The van der Waals surface area contributed by atoms with Gasteiger partial charge >= 0.3 is 0 Å². The molecule has 4 rings (SSSR count). The zero-order valence-electron chi connectivity index (χ0n) is 17.6. The maximum Gasteiger partial charge on any atom is 0.258 e. The van der Waals surface area contributed by atoms with Crippen molar-refractivity contribution >= 4 is 21.6 Å². The number of halogens is 1. The van der Waals surface area contributed by atoms with Crippen molar-refractivity contribution in [3.63, 3.8) is 0 Å². The Hall–Kier alpha value is -3.63. The Labute approximate surface area is 190 Å². The van der Waals surface area contributed by atoms with Crippen molar-refractivity contribution < 1.29 is 31.8 Å². The average Bonchev–Trinajstić information content (AvgIpc) is 2.83. The van der Waals surface area contributed by atoms with Gasteiger partial charge < -0.3 is 19.5 Å². The molecule has 1 amide bonds. The van der Waals surface area contributed by atoms with Crippen LogP contribution in [0.2, 0.25) is 0 Å². The van der Waals surface area contributed by atoms with E-state index in [0.717, 1.165) is 18.2 Å². The van der Waals surface area contributed by atoms with E-state index in [0.29, 0.717) is 22.9 Å². The number of fused-ring (bicyclic) bond motifs is 1. The number of amides is 1. The zero-order valence-corrected chi connectivity index (χ0v) is 18.4. The van der Waals surface area contributed by atoms with Gasteiger partial charge in [-0.1, -0.05) is 24.3 Å². The van der Waals surface area contributed by atoms with E-state index >= 15 is 0 Å². The third-order valence-electron chi connectivity index (χ3n) is 4.92. The van der Waals surface area contributed by atoms with Gasteiger partial charge in [0.2, 0.25) is 10.0 Å². The lowest BCUT2D eigenvalue weighted by molar-refractivity contribution is 0.0943. The molecule has 1 aliphatic rings. The highest BCUT2D eigenvalue weighted by Crippen LogP contribution is 2.31. The summed E-state index contributed by atoms with van der Waals surface area (Å²) in [5.74, 6) is -0.185. The van der Waals surface area contributed by atoms with Crippen LogP contribution in [-0.2, 0) is 10.0 Å². The van der Waals surface area contributed by atoms with Crippen molar-refractivity contribution in [2.24, 2.45) is 0 Å². The molecule has 10 heteroatoms. The molecular formula is C23H21FN2O6S. The van der Waals surface area contributed by atoms with Crippen molar-refractivity contribution in [3.05, 3.63) is 78.1 Å². The molecule has 0 bridgehead atoms. The highest BCUT2D eigenvalue weighted by Gasteiger charge is 2.25. The number of para-hydroxylation sites is 4. The van der Waals surface area contributed by atoms with E-state index in [4.69, 9.17) is 14.2 Å². The second-order valence-electron chi connectivity index (χ2n) is 7.15. The Kier molecular flexibility index (Phi) is 6.47. The lowest BCUT2D eigenvalue weighted by Crippen LogP contribution is -2.40. The van der Waals surface area contributed by atoms with Crippen LogP contribution in [0.1, 0.15) is 10.4 Å². The van der Waals surface area contributed by atoms with Gasteiger partial charge in [-0.05, 0) is 42.5 Å². The molecule has 3 aromatic rings. The topological polar surface area (TPSA) is 103 Å². The molecule has 33 heavy (non-hydrogen) atoms. The summed E-state index contributed by atoms with van der Waals surface area (Å²) in [5, 5.41) is 2.53. The molecule has 2 N–H and O–H groups in total. The van der Waals surface area contributed by atoms with E-state index in [1.165, 1.54) is 7.11 Å². The van der Waals surface area contributed by atoms with Gasteiger partial charge in [-0.2, -0.15) is 0 Å². The first-order chi connectivity index (χ1) is 15.9. The number of sulfonamides is 1. The summed E-state index contributed by atoms with van der Waals surface area (Å²) in [6.07, 6.45) is -0.552. The molecule has 0 unspecified atom stereocenters. The van der Waals surface area contributed by atoms with Crippen molar-refractivity contribution in [2.75, 3.05) is 25.6 Å². The smallest absolute Gasteiger partial charge is 0.258 e. The summed E-state index contributed by atoms with van der Waals surface area (Å²) in [7, 11) is -2.62. The van der Waals surface area contributed by atoms with Gasteiger partial charge in [0, 0.05) is 0 Å². The number of nitrogens with one attached hydrogen (secondary N) is 2. The Morgan fingerprint density at radius 1 is 1.09 bits per heavy atom.